The molecule has 2 aromatic heterocycles. The van der Waals surface area contributed by atoms with Crippen molar-refractivity contribution >= 4 is 22.1 Å². The molecule has 0 amide bonds. The van der Waals surface area contributed by atoms with Crippen molar-refractivity contribution in [2.75, 3.05) is 0 Å². The monoisotopic (exact) mass is 331 g/mol. The molecule has 4 aromatic rings. The molecule has 0 radical (unpaired) electrons. The fourth-order valence-corrected chi connectivity index (χ4v) is 3.02. The molecule has 0 bridgehead atoms. The first-order chi connectivity index (χ1) is 12.2. The number of nitriles is 1. The summed E-state index contributed by atoms with van der Waals surface area (Å²) in [6, 6.07) is 18.3. The summed E-state index contributed by atoms with van der Waals surface area (Å²) in [6.07, 6.45) is 0. The summed E-state index contributed by atoms with van der Waals surface area (Å²) in [5.41, 5.74) is 0.783. The number of hydrogen-bond donors (Lipinski definition) is 0. The van der Waals surface area contributed by atoms with Gasteiger partial charge in [-0.05, 0) is 17.7 Å². The molecule has 0 saturated carbocycles. The third kappa shape index (κ3) is 2.34. The first kappa shape index (κ1) is 15.0. The molecule has 2 heterocycles. The maximum atomic E-state index is 12.9. The van der Waals surface area contributed by atoms with E-state index in [0.717, 1.165) is 10.1 Å². The van der Waals surface area contributed by atoms with Crippen molar-refractivity contribution < 1.29 is 4.42 Å². The number of fused-ring (bicyclic) bond motifs is 3. The second kappa shape index (κ2) is 5.80. The zero-order valence-corrected chi connectivity index (χ0v) is 13.2. The largest absolute Gasteiger partial charge is 0.449 e. The SMILES string of the molecule is N#CCn1c(=O)n(Cc2ccccc2)c(=O)c2oc3ccccc3c21. The Labute approximate surface area is 141 Å². The van der Waals surface area contributed by atoms with Crippen LogP contribution in [-0.4, -0.2) is 9.13 Å². The van der Waals surface area contributed by atoms with Crippen LogP contribution in [0.2, 0.25) is 0 Å². The van der Waals surface area contributed by atoms with Crippen LogP contribution in [0, 0.1) is 11.3 Å². The van der Waals surface area contributed by atoms with Gasteiger partial charge in [0.15, 0.2) is 0 Å². The van der Waals surface area contributed by atoms with Gasteiger partial charge in [0, 0.05) is 5.39 Å². The van der Waals surface area contributed by atoms with Crippen molar-refractivity contribution in [1.29, 1.82) is 5.26 Å². The van der Waals surface area contributed by atoms with E-state index in [0.29, 0.717) is 16.5 Å². The standard InChI is InChI=1S/C19H13N3O3/c20-10-11-21-16-14-8-4-5-9-15(14)25-17(16)18(23)22(19(21)24)12-13-6-2-1-3-7-13/h1-9H,11-12H2. The smallest absolute Gasteiger partial charge is 0.332 e. The molecule has 0 fully saturated rings. The molecule has 0 aliphatic rings. The molecule has 0 unspecified atom stereocenters. The maximum Gasteiger partial charge on any atom is 0.332 e. The van der Waals surface area contributed by atoms with Gasteiger partial charge >= 0.3 is 5.69 Å². The molecule has 0 aliphatic heterocycles. The predicted octanol–water partition coefficient (Wildman–Crippen LogP) is 2.48. The summed E-state index contributed by atoms with van der Waals surface area (Å²) in [7, 11) is 0. The van der Waals surface area contributed by atoms with Crippen LogP contribution in [0.1, 0.15) is 5.56 Å². The Kier molecular flexibility index (Phi) is 3.47. The second-order valence-electron chi connectivity index (χ2n) is 5.68. The number of para-hydroxylation sites is 1. The molecule has 0 aliphatic carbocycles. The van der Waals surface area contributed by atoms with Crippen molar-refractivity contribution in [2.45, 2.75) is 13.1 Å². The number of aromatic nitrogens is 2. The van der Waals surface area contributed by atoms with Gasteiger partial charge in [-0.3, -0.25) is 13.9 Å². The fourth-order valence-electron chi connectivity index (χ4n) is 3.02. The minimum Gasteiger partial charge on any atom is -0.449 e. The van der Waals surface area contributed by atoms with Gasteiger partial charge in [0.1, 0.15) is 17.6 Å². The maximum absolute atomic E-state index is 12.9. The average Bonchev–Trinajstić information content (AvgIpc) is 3.03. The third-order valence-electron chi connectivity index (χ3n) is 4.15. The Bertz CT molecular complexity index is 1240. The van der Waals surface area contributed by atoms with E-state index in [9.17, 15) is 9.59 Å². The Morgan fingerprint density at radius 3 is 2.44 bits per heavy atom. The van der Waals surface area contributed by atoms with Crippen molar-refractivity contribution in [3.05, 3.63) is 81.0 Å². The first-order valence-electron chi connectivity index (χ1n) is 7.76. The lowest BCUT2D eigenvalue weighted by Gasteiger charge is -2.09. The number of hydrogen-bond acceptors (Lipinski definition) is 4. The summed E-state index contributed by atoms with van der Waals surface area (Å²) < 4.78 is 8.11. The Hall–Kier alpha value is -3.59. The van der Waals surface area contributed by atoms with Gasteiger partial charge < -0.3 is 4.42 Å². The van der Waals surface area contributed by atoms with E-state index in [-0.39, 0.29) is 18.7 Å². The van der Waals surface area contributed by atoms with Crippen LogP contribution in [0.3, 0.4) is 0 Å². The Balaban J connectivity index is 2.08. The highest BCUT2D eigenvalue weighted by atomic mass is 16.3. The van der Waals surface area contributed by atoms with Crippen LogP contribution in [0.15, 0.2) is 68.6 Å². The minimum absolute atomic E-state index is 0.0898. The summed E-state index contributed by atoms with van der Waals surface area (Å²) in [5, 5.41) is 9.78. The quantitative estimate of drug-likeness (QED) is 0.577. The van der Waals surface area contributed by atoms with E-state index in [1.54, 1.807) is 24.3 Å². The van der Waals surface area contributed by atoms with E-state index in [1.165, 1.54) is 4.57 Å². The molecule has 0 saturated heterocycles. The zero-order chi connectivity index (χ0) is 17.4. The van der Waals surface area contributed by atoms with Crippen LogP contribution >= 0.6 is 0 Å². The lowest BCUT2D eigenvalue weighted by atomic mass is 10.2. The van der Waals surface area contributed by atoms with Crippen LogP contribution in [-0.2, 0) is 13.1 Å². The van der Waals surface area contributed by atoms with E-state index in [2.05, 4.69) is 0 Å². The van der Waals surface area contributed by atoms with E-state index >= 15 is 0 Å². The molecule has 122 valence electrons. The molecule has 6 nitrogen and oxygen atoms in total. The summed E-state index contributed by atoms with van der Waals surface area (Å²) in [5.74, 6) is 0. The van der Waals surface area contributed by atoms with E-state index < -0.39 is 11.2 Å². The second-order valence-corrected chi connectivity index (χ2v) is 5.68. The Morgan fingerprint density at radius 2 is 1.68 bits per heavy atom. The fraction of sp³-hybridized carbons (Fsp3) is 0.105. The number of furan rings is 1. The summed E-state index contributed by atoms with van der Waals surface area (Å²) >= 11 is 0. The van der Waals surface area contributed by atoms with Crippen LogP contribution in [0.5, 0.6) is 0 Å². The van der Waals surface area contributed by atoms with Crippen molar-refractivity contribution in [3.63, 3.8) is 0 Å². The lowest BCUT2D eigenvalue weighted by Crippen LogP contribution is -2.40. The Morgan fingerprint density at radius 1 is 0.960 bits per heavy atom. The zero-order valence-electron chi connectivity index (χ0n) is 13.2. The molecular formula is C19H13N3O3. The molecule has 2 aromatic carbocycles. The van der Waals surface area contributed by atoms with Gasteiger partial charge in [-0.2, -0.15) is 5.26 Å². The topological polar surface area (TPSA) is 80.9 Å². The molecule has 0 atom stereocenters. The van der Waals surface area contributed by atoms with Gasteiger partial charge in [0.25, 0.3) is 5.56 Å². The summed E-state index contributed by atoms with van der Waals surface area (Å²) in [4.78, 5) is 25.7. The normalized spacial score (nSPS) is 11.0. The molecule has 4 rings (SSSR count). The van der Waals surface area contributed by atoms with Crippen LogP contribution < -0.4 is 11.2 Å². The molecule has 25 heavy (non-hydrogen) atoms. The highest BCUT2D eigenvalue weighted by Gasteiger charge is 2.19. The highest BCUT2D eigenvalue weighted by Crippen LogP contribution is 2.25. The predicted molar refractivity (Wildman–Crippen MR) is 93.4 cm³/mol. The van der Waals surface area contributed by atoms with Crippen LogP contribution in [0.4, 0.5) is 0 Å². The number of nitrogens with zero attached hydrogens (tertiary/aromatic N) is 3. The lowest BCUT2D eigenvalue weighted by molar-refractivity contribution is 0.605. The first-order valence-corrected chi connectivity index (χ1v) is 7.76. The van der Waals surface area contributed by atoms with E-state index in [4.69, 9.17) is 9.68 Å². The number of rotatable bonds is 3. The highest BCUT2D eigenvalue weighted by molar-refractivity contribution is 6.02. The van der Waals surface area contributed by atoms with Crippen molar-refractivity contribution in [1.82, 2.24) is 9.13 Å². The average molecular weight is 331 g/mol. The van der Waals surface area contributed by atoms with Gasteiger partial charge in [-0.25, -0.2) is 4.79 Å². The van der Waals surface area contributed by atoms with E-state index in [1.807, 2.05) is 36.4 Å². The van der Waals surface area contributed by atoms with Crippen molar-refractivity contribution in [2.24, 2.45) is 0 Å². The molecule has 6 heteroatoms. The van der Waals surface area contributed by atoms with Crippen LogP contribution in [0.25, 0.3) is 22.1 Å². The number of benzene rings is 2. The van der Waals surface area contributed by atoms with Crippen molar-refractivity contribution in [3.8, 4) is 6.07 Å². The minimum atomic E-state index is -0.519. The molecule has 0 N–H and O–H groups in total. The third-order valence-corrected chi connectivity index (χ3v) is 4.15. The van der Waals surface area contributed by atoms with Gasteiger partial charge in [-0.15, -0.1) is 0 Å². The van der Waals surface area contributed by atoms with Gasteiger partial charge in [-0.1, -0.05) is 42.5 Å². The van der Waals surface area contributed by atoms with Gasteiger partial charge in [0.05, 0.1) is 12.6 Å². The van der Waals surface area contributed by atoms with Gasteiger partial charge in [0.2, 0.25) is 5.58 Å². The molecule has 0 spiro atoms. The summed E-state index contributed by atoms with van der Waals surface area (Å²) in [6.45, 7) is -0.0369. The molecular weight excluding hydrogens is 318 g/mol.